The van der Waals surface area contributed by atoms with Crippen molar-refractivity contribution in [2.24, 2.45) is 0 Å². The quantitative estimate of drug-likeness (QED) is 0.162. The first kappa shape index (κ1) is 51.4. The van der Waals surface area contributed by atoms with Gasteiger partial charge in [0.05, 0.1) is 126 Å². The minimum absolute atomic E-state index is 0.0278. The van der Waals surface area contributed by atoms with Gasteiger partial charge >= 0.3 is 0 Å². The van der Waals surface area contributed by atoms with Crippen molar-refractivity contribution >= 4 is 95.2 Å². The Hall–Kier alpha value is -12.3. The molecule has 2 aromatic heterocycles. The van der Waals surface area contributed by atoms with Gasteiger partial charge in [-0.15, -0.1) is 0 Å². The van der Waals surface area contributed by atoms with E-state index in [1.54, 1.807) is 28.5 Å². The van der Waals surface area contributed by atoms with Crippen LogP contribution in [0.2, 0.25) is 0 Å². The number of benzene rings is 10. The zero-order valence-corrected chi connectivity index (χ0v) is 43.8. The maximum Gasteiger partial charge on any atom is 0.207 e. The summed E-state index contributed by atoms with van der Waals surface area (Å²) in [6.07, 6.45) is 0. The lowest BCUT2D eigenvalue weighted by atomic mass is 10.1. The van der Waals surface area contributed by atoms with E-state index in [0.717, 1.165) is 82.2 Å². The molecule has 15 heteroatoms. The number of nitrogens with zero attached hydrogens (tertiary/aromatic N) is 11. The van der Waals surface area contributed by atoms with Crippen LogP contribution >= 0.6 is 11.8 Å². The fraction of sp³-hybridized carbons (Fsp3) is 0. The molecule has 0 unspecified atom stereocenters. The molecule has 0 amide bonds. The van der Waals surface area contributed by atoms with Crippen molar-refractivity contribution in [1.29, 1.82) is 21.0 Å². The van der Waals surface area contributed by atoms with E-state index in [-0.39, 0.29) is 51.5 Å². The van der Waals surface area contributed by atoms with E-state index in [2.05, 4.69) is 108 Å². The lowest BCUT2D eigenvalue weighted by molar-refractivity contribution is 0.509. The summed E-state index contributed by atoms with van der Waals surface area (Å²) in [5.41, 5.74) is 8.80. The van der Waals surface area contributed by atoms with Crippen molar-refractivity contribution < 1.29 is 15.9 Å². The Kier molecular flexibility index (Phi) is 14.7. The molecule has 0 fully saturated rings. The SMILES string of the molecule is [2H]c1cc(C#N)c([N+]#[C-])cc1[2H].[C-]#[N+]c1cc(-n2c3ccccc3c3ccccc32)c(F)cc1C#N.[C-]#[N+]c1cc(-n2c3ccccc3c3ccccc32)c(N2c3ccccc3Sc3ccccc32)cc1C#N.[C-]#[N+]c1cc(F)c(F)cc1C#N. The van der Waals surface area contributed by atoms with Crippen LogP contribution in [-0.4, -0.2) is 9.13 Å². The van der Waals surface area contributed by atoms with Crippen LogP contribution in [0.25, 0.3) is 74.4 Å². The summed E-state index contributed by atoms with van der Waals surface area (Å²) in [5, 5.41) is 40.3. The van der Waals surface area contributed by atoms with Gasteiger partial charge in [-0.3, -0.25) is 0 Å². The van der Waals surface area contributed by atoms with Crippen molar-refractivity contribution in [2.75, 3.05) is 4.90 Å². The Labute approximate surface area is 480 Å². The minimum Gasteiger partial charge on any atom is -0.308 e. The second-order valence-corrected chi connectivity index (χ2v) is 18.9. The van der Waals surface area contributed by atoms with Crippen LogP contribution in [0.1, 0.15) is 25.0 Å². The van der Waals surface area contributed by atoms with Gasteiger partial charge in [0.15, 0.2) is 5.82 Å². The number of hydrogen-bond donors (Lipinski definition) is 0. The van der Waals surface area contributed by atoms with Gasteiger partial charge in [-0.1, -0.05) is 133 Å². The van der Waals surface area contributed by atoms with Gasteiger partial charge in [0.1, 0.15) is 11.6 Å². The summed E-state index contributed by atoms with van der Waals surface area (Å²) in [5.74, 6) is -2.75. The van der Waals surface area contributed by atoms with E-state index in [1.165, 1.54) is 18.2 Å². The molecule has 0 aliphatic carbocycles. The topological polar surface area (TPSA) is 126 Å². The average molecular weight is 1100 g/mol. The van der Waals surface area contributed by atoms with Crippen molar-refractivity contribution in [3.05, 3.63) is 292 Å². The largest absolute Gasteiger partial charge is 0.308 e. The summed E-state index contributed by atoms with van der Waals surface area (Å²) < 4.78 is 58.0. The molecule has 11 nitrogen and oxygen atoms in total. The number of hydrogen-bond acceptors (Lipinski definition) is 6. The number of anilines is 3. The fourth-order valence-electron chi connectivity index (χ4n) is 9.61. The zero-order valence-electron chi connectivity index (χ0n) is 44.9. The van der Waals surface area contributed by atoms with Crippen molar-refractivity contribution in [3.63, 3.8) is 0 Å². The van der Waals surface area contributed by atoms with E-state index in [4.69, 9.17) is 44.8 Å². The van der Waals surface area contributed by atoms with Gasteiger partial charge in [0.2, 0.25) is 22.7 Å². The predicted molar refractivity (Wildman–Crippen MR) is 317 cm³/mol. The van der Waals surface area contributed by atoms with Crippen LogP contribution in [0.4, 0.5) is 53.0 Å². The Balaban J connectivity index is 0.000000142. The maximum absolute atomic E-state index is 14.7. The average Bonchev–Trinajstić information content (AvgIpc) is 3.10. The summed E-state index contributed by atoms with van der Waals surface area (Å²) in [6, 6.07) is 66.5. The van der Waals surface area contributed by atoms with Crippen molar-refractivity contribution in [2.45, 2.75) is 9.79 Å². The number of halogens is 3. The Morgan fingerprint density at radius 1 is 0.361 bits per heavy atom. The van der Waals surface area contributed by atoms with Gasteiger partial charge in [-0.2, -0.15) is 21.0 Å². The van der Waals surface area contributed by atoms with Crippen LogP contribution in [0.15, 0.2) is 216 Å². The highest BCUT2D eigenvalue weighted by Gasteiger charge is 2.29. The number of para-hydroxylation sites is 7. The Bertz CT molecular complexity index is 4780. The molecule has 83 heavy (non-hydrogen) atoms. The summed E-state index contributed by atoms with van der Waals surface area (Å²) in [4.78, 5) is 17.5. The van der Waals surface area contributed by atoms with Gasteiger partial charge in [-0.25, -0.2) is 32.6 Å². The first-order valence-electron chi connectivity index (χ1n) is 25.8. The van der Waals surface area contributed by atoms with Gasteiger partial charge in [-0.05, 0) is 84.9 Å². The molecule has 388 valence electrons. The molecule has 0 spiro atoms. The highest BCUT2D eigenvalue weighted by molar-refractivity contribution is 7.99. The molecular formula is C68H34F3N11S. The zero-order chi connectivity index (χ0) is 59.9. The third kappa shape index (κ3) is 10.2. The van der Waals surface area contributed by atoms with Crippen LogP contribution < -0.4 is 4.90 Å². The molecule has 0 saturated carbocycles. The third-order valence-corrected chi connectivity index (χ3v) is 14.4. The lowest BCUT2D eigenvalue weighted by Crippen LogP contribution is -2.17. The molecule has 1 aliphatic rings. The Morgan fingerprint density at radius 3 is 1.18 bits per heavy atom. The van der Waals surface area contributed by atoms with Crippen LogP contribution in [0, 0.1) is 89.1 Å². The molecule has 13 rings (SSSR count). The molecule has 0 N–H and O–H groups in total. The third-order valence-electron chi connectivity index (χ3n) is 13.3. The summed E-state index contributed by atoms with van der Waals surface area (Å²) in [6.45, 7) is 28.3. The van der Waals surface area contributed by atoms with Gasteiger partial charge < -0.3 is 14.0 Å². The second kappa shape index (κ2) is 23.7. The molecule has 1 aliphatic heterocycles. The van der Waals surface area contributed by atoms with Crippen molar-refractivity contribution in [1.82, 2.24) is 9.13 Å². The van der Waals surface area contributed by atoms with E-state index < -0.39 is 17.5 Å². The van der Waals surface area contributed by atoms with E-state index >= 15 is 0 Å². The molecule has 0 saturated heterocycles. The molecule has 3 heterocycles. The molecule has 12 aromatic rings. The van der Waals surface area contributed by atoms with Crippen LogP contribution in [0.5, 0.6) is 0 Å². The highest BCUT2D eigenvalue weighted by Crippen LogP contribution is 2.53. The smallest absolute Gasteiger partial charge is 0.207 e. The first-order valence-corrected chi connectivity index (χ1v) is 25.6. The predicted octanol–water partition coefficient (Wildman–Crippen LogP) is 19.0. The number of fused-ring (bicyclic) bond motifs is 8. The van der Waals surface area contributed by atoms with Crippen LogP contribution in [-0.2, 0) is 0 Å². The molecule has 0 bridgehead atoms. The maximum atomic E-state index is 14.7. The lowest BCUT2D eigenvalue weighted by Gasteiger charge is -2.34. The van der Waals surface area contributed by atoms with E-state index in [0.29, 0.717) is 23.4 Å². The molecular weight excluding hydrogens is 1060 g/mol. The number of rotatable bonds is 3. The van der Waals surface area contributed by atoms with E-state index in [1.807, 2.05) is 91.0 Å². The van der Waals surface area contributed by atoms with E-state index in [9.17, 15) is 18.4 Å². The normalized spacial score (nSPS) is 11.0. The monoisotopic (exact) mass is 1100 g/mol. The number of nitriles is 4. The standard InChI is InChI=1S/C32H18N4S.C20H10FN3.C8H2F2N2.C8H4N2/c1-34-24-19-30(35-25-12-4-2-10-22(25)23-11-3-5-13-26(23)35)29(18-21(24)20-33)36-27-14-6-8-16-31(27)37-32-17-9-7-15-28(32)36;1-23-17-11-20(16(21)10-13(17)12-22)24-18-8-4-2-6-14(18)15-7-3-5-9-19(15)24;1-12-8-3-7(10)6(9)2-5(8)4-11;1-10-8-5-3-2-4-7(8)6-9/h2-19H;2-11H;2-3H;2-5H/i;;;2D,3D. The minimum atomic E-state index is -1.11. The summed E-state index contributed by atoms with van der Waals surface area (Å²) in [7, 11) is 0. The second-order valence-electron chi connectivity index (χ2n) is 17.8. The molecule has 10 aromatic carbocycles. The number of aromatic nitrogens is 2. The highest BCUT2D eigenvalue weighted by atomic mass is 32.2. The fourth-order valence-corrected chi connectivity index (χ4v) is 10.7. The summed E-state index contributed by atoms with van der Waals surface area (Å²) >= 11 is 1.74. The van der Waals surface area contributed by atoms with Gasteiger partial charge in [0.25, 0.3) is 0 Å². The van der Waals surface area contributed by atoms with Gasteiger partial charge in [0, 0.05) is 31.3 Å². The van der Waals surface area contributed by atoms with Crippen LogP contribution in [0.3, 0.4) is 0 Å². The Morgan fingerprint density at radius 2 is 0.723 bits per heavy atom. The molecule has 0 radical (unpaired) electrons. The first-order chi connectivity index (χ1) is 41.4. The van der Waals surface area contributed by atoms with Crippen molar-refractivity contribution in [3.8, 4) is 35.7 Å². The molecule has 0 atom stereocenters.